The lowest BCUT2D eigenvalue weighted by Crippen LogP contribution is -2.34. The van der Waals surface area contributed by atoms with Crippen molar-refractivity contribution in [3.8, 4) is 0 Å². The van der Waals surface area contributed by atoms with E-state index in [0.29, 0.717) is 24.8 Å². The number of carbonyl (C=O) groups excluding carboxylic acids is 1. The average molecular weight is 321 g/mol. The maximum Gasteiger partial charge on any atom is 0.323 e. The lowest BCUT2D eigenvalue weighted by molar-refractivity contribution is -0.138. The molecule has 0 radical (unpaired) electrons. The van der Waals surface area contributed by atoms with Gasteiger partial charge in [0.2, 0.25) is 0 Å². The molecule has 5 heteroatoms. The Bertz CT molecular complexity index is 566. The molecule has 1 aromatic carbocycles. The summed E-state index contributed by atoms with van der Waals surface area (Å²) in [5.74, 6) is -1.26. The molecule has 0 aromatic heterocycles. The summed E-state index contributed by atoms with van der Waals surface area (Å²) in [6, 6.07) is 6.25. The van der Waals surface area contributed by atoms with Crippen LogP contribution in [0.2, 0.25) is 0 Å². The molecule has 1 rings (SSSR count). The van der Waals surface area contributed by atoms with Gasteiger partial charge in [-0.2, -0.15) is 0 Å². The standard InChI is InChI=1S/C18H24FNO3/c1-4-16(14(3)21)11-20(12-18(22)23)13(2)5-6-15-7-9-17(19)10-8-15/h7-11,13H,4-6,12H2,1-3H3,(H,22,23)/b16-11-. The lowest BCUT2D eigenvalue weighted by Gasteiger charge is -2.27. The van der Waals surface area contributed by atoms with Gasteiger partial charge in [-0.15, -0.1) is 0 Å². The Hall–Kier alpha value is -2.17. The quantitative estimate of drug-likeness (QED) is 0.708. The van der Waals surface area contributed by atoms with Crippen LogP contribution < -0.4 is 0 Å². The number of hydrogen-bond donors (Lipinski definition) is 1. The first-order valence-electron chi connectivity index (χ1n) is 7.77. The number of aryl methyl sites for hydroxylation is 1. The van der Waals surface area contributed by atoms with E-state index in [4.69, 9.17) is 5.11 Å². The summed E-state index contributed by atoms with van der Waals surface area (Å²) < 4.78 is 12.9. The normalized spacial score (nSPS) is 12.8. The smallest absolute Gasteiger partial charge is 0.323 e. The number of carbonyl (C=O) groups is 2. The van der Waals surface area contributed by atoms with Crippen LogP contribution in [0, 0.1) is 5.82 Å². The highest BCUT2D eigenvalue weighted by Gasteiger charge is 2.15. The van der Waals surface area contributed by atoms with Gasteiger partial charge in [0, 0.05) is 17.8 Å². The molecule has 0 aliphatic heterocycles. The molecule has 1 atom stereocenters. The summed E-state index contributed by atoms with van der Waals surface area (Å²) in [4.78, 5) is 24.3. The summed E-state index contributed by atoms with van der Waals surface area (Å²) in [5.41, 5.74) is 1.61. The van der Waals surface area contributed by atoms with Crippen molar-refractivity contribution in [2.45, 2.75) is 46.1 Å². The van der Waals surface area contributed by atoms with E-state index < -0.39 is 5.97 Å². The second-order valence-electron chi connectivity index (χ2n) is 5.64. The number of carboxylic acids is 1. The van der Waals surface area contributed by atoms with Crippen LogP contribution in [0.5, 0.6) is 0 Å². The van der Waals surface area contributed by atoms with Crippen LogP contribution in [0.15, 0.2) is 36.0 Å². The molecule has 1 N–H and O–H groups in total. The topological polar surface area (TPSA) is 57.6 Å². The van der Waals surface area contributed by atoms with Gasteiger partial charge in [0.05, 0.1) is 0 Å². The molecule has 0 spiro atoms. The number of allylic oxidation sites excluding steroid dienone is 1. The maximum absolute atomic E-state index is 12.9. The largest absolute Gasteiger partial charge is 0.480 e. The van der Waals surface area contributed by atoms with Crippen molar-refractivity contribution in [2.24, 2.45) is 0 Å². The van der Waals surface area contributed by atoms with Crippen LogP contribution in [0.25, 0.3) is 0 Å². The third-order valence-electron chi connectivity index (χ3n) is 3.80. The van der Waals surface area contributed by atoms with Crippen molar-refractivity contribution in [3.05, 3.63) is 47.4 Å². The number of halogens is 1. The van der Waals surface area contributed by atoms with Crippen molar-refractivity contribution < 1.29 is 19.1 Å². The number of hydrogen-bond acceptors (Lipinski definition) is 3. The van der Waals surface area contributed by atoms with Gasteiger partial charge in [-0.05, 0) is 50.8 Å². The molecular formula is C18H24FNO3. The van der Waals surface area contributed by atoms with Crippen LogP contribution in [-0.2, 0) is 16.0 Å². The van der Waals surface area contributed by atoms with E-state index in [1.807, 2.05) is 13.8 Å². The van der Waals surface area contributed by atoms with Gasteiger partial charge in [0.25, 0.3) is 0 Å². The molecule has 0 aliphatic rings. The summed E-state index contributed by atoms with van der Waals surface area (Å²) in [7, 11) is 0. The Morgan fingerprint density at radius 2 is 1.91 bits per heavy atom. The number of rotatable bonds is 9. The van der Waals surface area contributed by atoms with Gasteiger partial charge in [0.15, 0.2) is 5.78 Å². The fourth-order valence-electron chi connectivity index (χ4n) is 2.31. The van der Waals surface area contributed by atoms with E-state index in [2.05, 4.69) is 0 Å². The number of carboxylic acid groups (broad SMARTS) is 1. The van der Waals surface area contributed by atoms with E-state index >= 15 is 0 Å². The predicted octanol–water partition coefficient (Wildman–Crippen LogP) is 3.42. The van der Waals surface area contributed by atoms with Crippen LogP contribution >= 0.6 is 0 Å². The van der Waals surface area contributed by atoms with Gasteiger partial charge in [-0.25, -0.2) is 4.39 Å². The van der Waals surface area contributed by atoms with Crippen LogP contribution in [0.1, 0.15) is 39.2 Å². The monoisotopic (exact) mass is 321 g/mol. The van der Waals surface area contributed by atoms with Gasteiger partial charge in [-0.1, -0.05) is 19.1 Å². The average Bonchev–Trinajstić information content (AvgIpc) is 2.49. The molecule has 0 bridgehead atoms. The first-order chi connectivity index (χ1) is 10.8. The SMILES string of the molecule is CC/C(=C/N(CC(=O)O)C(C)CCc1ccc(F)cc1)C(C)=O. The van der Waals surface area contributed by atoms with Gasteiger partial charge in [0.1, 0.15) is 12.4 Å². The first kappa shape index (κ1) is 18.9. The summed E-state index contributed by atoms with van der Waals surface area (Å²) >= 11 is 0. The number of benzene rings is 1. The van der Waals surface area contributed by atoms with Crippen molar-refractivity contribution in [2.75, 3.05) is 6.54 Å². The Labute approximate surface area is 136 Å². The number of Topliss-reactive ketones (excluding diaryl/α,β-unsaturated/α-hetero) is 1. The molecule has 1 unspecified atom stereocenters. The molecule has 0 saturated heterocycles. The molecule has 0 amide bonds. The minimum absolute atomic E-state index is 0.0444. The number of ketones is 1. The fraction of sp³-hybridized carbons (Fsp3) is 0.444. The molecule has 126 valence electrons. The highest BCUT2D eigenvalue weighted by molar-refractivity contribution is 5.93. The summed E-state index contributed by atoms with van der Waals surface area (Å²) in [5, 5.41) is 9.08. The van der Waals surface area contributed by atoms with Crippen molar-refractivity contribution in [3.63, 3.8) is 0 Å². The van der Waals surface area contributed by atoms with Gasteiger partial charge >= 0.3 is 5.97 Å². The first-order valence-corrected chi connectivity index (χ1v) is 7.77. The molecule has 4 nitrogen and oxygen atoms in total. The molecule has 1 aromatic rings. The zero-order chi connectivity index (χ0) is 17.4. The summed E-state index contributed by atoms with van der Waals surface area (Å²) in [6.07, 6.45) is 3.65. The van der Waals surface area contributed by atoms with Crippen LogP contribution in [0.4, 0.5) is 4.39 Å². The Kier molecular flexibility index (Phi) is 7.45. The highest BCUT2D eigenvalue weighted by atomic mass is 19.1. The van der Waals surface area contributed by atoms with E-state index in [0.717, 1.165) is 5.56 Å². The Morgan fingerprint density at radius 3 is 2.39 bits per heavy atom. The maximum atomic E-state index is 12.9. The third-order valence-corrected chi connectivity index (χ3v) is 3.80. The van der Waals surface area contributed by atoms with Crippen molar-refractivity contribution in [1.82, 2.24) is 4.90 Å². The Balaban J connectivity index is 2.78. The van der Waals surface area contributed by atoms with Crippen molar-refractivity contribution >= 4 is 11.8 Å². The molecule has 0 fully saturated rings. The third kappa shape index (κ3) is 6.63. The molecule has 0 aliphatic carbocycles. The van der Waals surface area contributed by atoms with Gasteiger partial charge in [-0.3, -0.25) is 9.59 Å². The zero-order valence-electron chi connectivity index (χ0n) is 13.9. The second-order valence-corrected chi connectivity index (χ2v) is 5.64. The van der Waals surface area contributed by atoms with Crippen LogP contribution in [-0.4, -0.2) is 34.3 Å². The van der Waals surface area contributed by atoms with E-state index in [-0.39, 0.29) is 24.2 Å². The minimum atomic E-state index is -0.936. The van der Waals surface area contributed by atoms with E-state index in [1.54, 1.807) is 23.2 Å². The van der Waals surface area contributed by atoms with Gasteiger partial charge < -0.3 is 10.0 Å². The molecular weight excluding hydrogens is 297 g/mol. The minimum Gasteiger partial charge on any atom is -0.480 e. The zero-order valence-corrected chi connectivity index (χ0v) is 13.9. The molecule has 0 heterocycles. The number of aliphatic carboxylic acids is 1. The highest BCUT2D eigenvalue weighted by Crippen LogP contribution is 2.14. The predicted molar refractivity (Wildman–Crippen MR) is 87.6 cm³/mol. The second kappa shape index (κ2) is 9.08. The number of nitrogens with zero attached hydrogens (tertiary/aromatic N) is 1. The molecule has 23 heavy (non-hydrogen) atoms. The van der Waals surface area contributed by atoms with E-state index in [1.165, 1.54) is 19.1 Å². The fourth-order valence-corrected chi connectivity index (χ4v) is 2.31. The lowest BCUT2D eigenvalue weighted by atomic mass is 10.0. The molecule has 0 saturated carbocycles. The van der Waals surface area contributed by atoms with Crippen molar-refractivity contribution in [1.29, 1.82) is 0 Å². The Morgan fingerprint density at radius 1 is 1.30 bits per heavy atom. The van der Waals surface area contributed by atoms with E-state index in [9.17, 15) is 14.0 Å². The van der Waals surface area contributed by atoms with Crippen LogP contribution in [0.3, 0.4) is 0 Å². The summed E-state index contributed by atoms with van der Waals surface area (Å²) in [6.45, 7) is 5.13.